The maximum atomic E-state index is 12.3. The van der Waals surface area contributed by atoms with Crippen LogP contribution in [-0.2, 0) is 4.79 Å². The lowest BCUT2D eigenvalue weighted by atomic mass is 10.3. The van der Waals surface area contributed by atoms with E-state index in [2.05, 4.69) is 15.3 Å². The first-order valence-corrected chi connectivity index (χ1v) is 8.54. The fourth-order valence-electron chi connectivity index (χ4n) is 2.04. The number of H-pyrrole nitrogens is 1. The van der Waals surface area contributed by atoms with Gasteiger partial charge in [-0.2, -0.15) is 0 Å². The van der Waals surface area contributed by atoms with Gasteiger partial charge in [0.2, 0.25) is 5.91 Å². The van der Waals surface area contributed by atoms with Gasteiger partial charge in [-0.25, -0.2) is 4.98 Å². The van der Waals surface area contributed by atoms with E-state index in [0.29, 0.717) is 20.9 Å². The lowest BCUT2D eigenvalue weighted by Gasteiger charge is -2.12. The molecule has 1 unspecified atom stereocenters. The number of nitrogens with one attached hydrogen (secondary N) is 2. The van der Waals surface area contributed by atoms with Crippen LogP contribution in [0.2, 0.25) is 10.0 Å². The number of hydrogen-bond donors (Lipinski definition) is 2. The molecule has 0 saturated carbocycles. The Morgan fingerprint density at radius 2 is 2.00 bits per heavy atom. The Bertz CT molecular complexity index is 832. The summed E-state index contributed by atoms with van der Waals surface area (Å²) in [4.78, 5) is 20.0. The monoisotopic (exact) mass is 365 g/mol. The fourth-order valence-corrected chi connectivity index (χ4v) is 3.21. The summed E-state index contributed by atoms with van der Waals surface area (Å²) in [7, 11) is 0. The summed E-state index contributed by atoms with van der Waals surface area (Å²) in [6.45, 7) is 1.81. The molecule has 0 fully saturated rings. The maximum Gasteiger partial charge on any atom is 0.237 e. The van der Waals surface area contributed by atoms with E-state index in [4.69, 9.17) is 23.2 Å². The minimum Gasteiger partial charge on any atom is -0.333 e. The second-order valence-corrected chi connectivity index (χ2v) is 7.02. The number of para-hydroxylation sites is 2. The zero-order chi connectivity index (χ0) is 16.4. The summed E-state index contributed by atoms with van der Waals surface area (Å²) in [5.41, 5.74) is 2.32. The second kappa shape index (κ2) is 6.83. The minimum absolute atomic E-state index is 0.167. The Morgan fingerprint density at radius 3 is 2.78 bits per heavy atom. The highest BCUT2D eigenvalue weighted by atomic mass is 35.5. The number of aromatic nitrogens is 2. The van der Waals surface area contributed by atoms with Crippen LogP contribution in [0.25, 0.3) is 11.0 Å². The number of amides is 1. The largest absolute Gasteiger partial charge is 0.333 e. The van der Waals surface area contributed by atoms with Crippen molar-refractivity contribution in [2.45, 2.75) is 17.3 Å². The molecule has 0 aliphatic heterocycles. The topological polar surface area (TPSA) is 57.8 Å². The average Bonchev–Trinajstić information content (AvgIpc) is 2.93. The molecule has 1 amide bonds. The summed E-state index contributed by atoms with van der Waals surface area (Å²) >= 11 is 13.4. The number of thioether (sulfide) groups is 1. The summed E-state index contributed by atoms with van der Waals surface area (Å²) in [5, 5.41) is 3.89. The molecule has 1 heterocycles. The first-order chi connectivity index (χ1) is 11.0. The van der Waals surface area contributed by atoms with E-state index in [0.717, 1.165) is 11.0 Å². The zero-order valence-corrected chi connectivity index (χ0v) is 14.5. The standard InChI is InChI=1S/C16H13Cl2N3OS/c1-9(15(22)19-13-8-4-5-10(17)14(13)18)23-16-20-11-6-2-3-7-12(11)21-16/h2-9H,1H3,(H,19,22)(H,20,21). The van der Waals surface area contributed by atoms with Gasteiger partial charge in [-0.3, -0.25) is 4.79 Å². The van der Waals surface area contributed by atoms with Gasteiger partial charge in [-0.1, -0.05) is 53.2 Å². The number of hydrogen-bond acceptors (Lipinski definition) is 3. The Labute approximate surface area is 147 Å². The summed E-state index contributed by atoms with van der Waals surface area (Å²) < 4.78 is 0. The van der Waals surface area contributed by atoms with Crippen molar-refractivity contribution in [3.05, 3.63) is 52.5 Å². The van der Waals surface area contributed by atoms with Crippen molar-refractivity contribution in [3.63, 3.8) is 0 Å². The minimum atomic E-state index is -0.342. The van der Waals surface area contributed by atoms with Crippen molar-refractivity contribution < 1.29 is 4.79 Å². The molecule has 3 rings (SSSR count). The third-order valence-corrected chi connectivity index (χ3v) is 5.04. The molecule has 3 aromatic rings. The van der Waals surface area contributed by atoms with Crippen molar-refractivity contribution >= 4 is 57.6 Å². The number of fused-ring (bicyclic) bond motifs is 1. The molecule has 2 aromatic carbocycles. The third-order valence-electron chi connectivity index (χ3n) is 3.23. The second-order valence-electron chi connectivity index (χ2n) is 4.91. The van der Waals surface area contributed by atoms with Gasteiger partial charge >= 0.3 is 0 Å². The van der Waals surface area contributed by atoms with Gasteiger partial charge in [0.15, 0.2) is 5.16 Å². The molecule has 4 nitrogen and oxygen atoms in total. The summed E-state index contributed by atoms with van der Waals surface area (Å²) in [6, 6.07) is 12.9. The van der Waals surface area contributed by atoms with Crippen molar-refractivity contribution in [3.8, 4) is 0 Å². The van der Waals surface area contributed by atoms with E-state index in [1.54, 1.807) is 18.2 Å². The molecule has 0 saturated heterocycles. The van der Waals surface area contributed by atoms with Crippen LogP contribution in [0.3, 0.4) is 0 Å². The molecule has 118 valence electrons. The van der Waals surface area contributed by atoms with Gasteiger partial charge in [0, 0.05) is 0 Å². The number of rotatable bonds is 4. The first kappa shape index (κ1) is 16.2. The Balaban J connectivity index is 1.71. The molecule has 7 heteroatoms. The van der Waals surface area contributed by atoms with Crippen LogP contribution < -0.4 is 5.32 Å². The Morgan fingerprint density at radius 1 is 1.22 bits per heavy atom. The van der Waals surface area contributed by atoms with Crippen LogP contribution in [0, 0.1) is 0 Å². The van der Waals surface area contributed by atoms with E-state index in [1.807, 2.05) is 31.2 Å². The number of anilines is 1. The number of nitrogens with zero attached hydrogens (tertiary/aromatic N) is 1. The molecule has 0 bridgehead atoms. The quantitative estimate of drug-likeness (QED) is 0.640. The average molecular weight is 366 g/mol. The first-order valence-electron chi connectivity index (χ1n) is 6.91. The fraction of sp³-hybridized carbons (Fsp3) is 0.125. The molecule has 0 aliphatic carbocycles. The van der Waals surface area contributed by atoms with Crippen molar-refractivity contribution in [1.29, 1.82) is 0 Å². The highest BCUT2D eigenvalue weighted by Crippen LogP contribution is 2.30. The van der Waals surface area contributed by atoms with E-state index < -0.39 is 0 Å². The molecule has 1 atom stereocenters. The molecular formula is C16H13Cl2N3OS. The Hall–Kier alpha value is -1.69. The highest BCUT2D eigenvalue weighted by molar-refractivity contribution is 8.00. The van der Waals surface area contributed by atoms with Gasteiger partial charge in [-0.05, 0) is 31.2 Å². The predicted octanol–water partition coefficient (Wildman–Crippen LogP) is 4.99. The molecule has 0 aliphatic rings. The third kappa shape index (κ3) is 3.63. The van der Waals surface area contributed by atoms with Crippen LogP contribution in [0.15, 0.2) is 47.6 Å². The normalized spacial score (nSPS) is 12.3. The molecule has 0 spiro atoms. The van der Waals surface area contributed by atoms with Crippen LogP contribution in [-0.4, -0.2) is 21.1 Å². The molecule has 0 radical (unpaired) electrons. The zero-order valence-electron chi connectivity index (χ0n) is 12.1. The van der Waals surface area contributed by atoms with Gasteiger partial charge in [0.1, 0.15) is 0 Å². The van der Waals surface area contributed by atoms with Gasteiger partial charge in [0.25, 0.3) is 0 Å². The lowest BCUT2D eigenvalue weighted by Crippen LogP contribution is -2.22. The number of benzene rings is 2. The van der Waals surface area contributed by atoms with E-state index in [9.17, 15) is 4.79 Å². The maximum absolute atomic E-state index is 12.3. The number of halogens is 2. The van der Waals surface area contributed by atoms with Gasteiger partial charge in [-0.15, -0.1) is 0 Å². The predicted molar refractivity (Wildman–Crippen MR) is 96.5 cm³/mol. The number of carbonyl (C=O) groups is 1. The molecule has 2 N–H and O–H groups in total. The van der Waals surface area contributed by atoms with Crippen LogP contribution in [0.5, 0.6) is 0 Å². The van der Waals surface area contributed by atoms with Crippen molar-refractivity contribution in [2.24, 2.45) is 0 Å². The van der Waals surface area contributed by atoms with Gasteiger partial charge < -0.3 is 10.3 Å². The van der Waals surface area contributed by atoms with Crippen molar-refractivity contribution in [2.75, 3.05) is 5.32 Å². The van der Waals surface area contributed by atoms with Crippen molar-refractivity contribution in [1.82, 2.24) is 9.97 Å². The van der Waals surface area contributed by atoms with E-state index in [-0.39, 0.29) is 11.2 Å². The SMILES string of the molecule is CC(Sc1nc2ccccc2[nH]1)C(=O)Nc1cccc(Cl)c1Cl. The number of carbonyl (C=O) groups excluding carboxylic acids is 1. The van der Waals surface area contributed by atoms with Crippen LogP contribution >= 0.6 is 35.0 Å². The summed E-state index contributed by atoms with van der Waals surface area (Å²) in [6.07, 6.45) is 0. The molecular weight excluding hydrogens is 353 g/mol. The number of imidazole rings is 1. The Kier molecular flexibility index (Phi) is 4.80. The smallest absolute Gasteiger partial charge is 0.237 e. The summed E-state index contributed by atoms with van der Waals surface area (Å²) in [5.74, 6) is -0.167. The number of aromatic amines is 1. The highest BCUT2D eigenvalue weighted by Gasteiger charge is 2.18. The van der Waals surface area contributed by atoms with Crippen LogP contribution in [0.4, 0.5) is 5.69 Å². The van der Waals surface area contributed by atoms with E-state index >= 15 is 0 Å². The lowest BCUT2D eigenvalue weighted by molar-refractivity contribution is -0.115. The molecule has 23 heavy (non-hydrogen) atoms. The van der Waals surface area contributed by atoms with Gasteiger partial charge in [0.05, 0.1) is 32.0 Å². The molecule has 1 aromatic heterocycles. The van der Waals surface area contributed by atoms with Crippen LogP contribution in [0.1, 0.15) is 6.92 Å². The van der Waals surface area contributed by atoms with E-state index in [1.165, 1.54) is 11.8 Å².